The molecule has 0 amide bonds. The van der Waals surface area contributed by atoms with E-state index in [1.165, 1.54) is 21.0 Å². The number of nitrogens with one attached hydrogen (secondary N) is 1. The minimum Gasteiger partial charge on any atom is -0.315 e. The summed E-state index contributed by atoms with van der Waals surface area (Å²) >= 11 is 1.84. The van der Waals surface area contributed by atoms with E-state index in [-0.39, 0.29) is 0 Å². The van der Waals surface area contributed by atoms with Crippen LogP contribution in [0.3, 0.4) is 0 Å². The Morgan fingerprint density at radius 1 is 1.44 bits per heavy atom. The fourth-order valence-corrected chi connectivity index (χ4v) is 2.84. The molecular formula is C12H17N3S. The van der Waals surface area contributed by atoms with E-state index < -0.39 is 0 Å². The molecule has 0 saturated heterocycles. The summed E-state index contributed by atoms with van der Waals surface area (Å²) in [5, 5.41) is 7.64. The first-order valence-corrected chi connectivity index (χ1v) is 6.32. The molecule has 0 aliphatic carbocycles. The van der Waals surface area contributed by atoms with Gasteiger partial charge >= 0.3 is 0 Å². The fourth-order valence-electron chi connectivity index (χ4n) is 1.79. The minimum absolute atomic E-state index is 0.937. The van der Waals surface area contributed by atoms with Gasteiger partial charge in [-0.3, -0.25) is 4.68 Å². The number of aromatic nitrogens is 2. The third kappa shape index (κ3) is 2.18. The van der Waals surface area contributed by atoms with Crippen molar-refractivity contribution in [2.75, 3.05) is 7.05 Å². The van der Waals surface area contributed by atoms with Crippen molar-refractivity contribution in [3.8, 4) is 10.4 Å². The smallest absolute Gasteiger partial charge is 0.0708 e. The highest BCUT2D eigenvalue weighted by molar-refractivity contribution is 7.15. The molecule has 0 aliphatic heterocycles. The monoisotopic (exact) mass is 235 g/mol. The topological polar surface area (TPSA) is 29.9 Å². The normalized spacial score (nSPS) is 10.9. The number of hydrogen-bond acceptors (Lipinski definition) is 3. The zero-order chi connectivity index (χ0) is 11.5. The molecule has 2 heterocycles. The molecule has 0 fully saturated rings. The Morgan fingerprint density at radius 2 is 2.25 bits per heavy atom. The molecule has 0 bridgehead atoms. The summed E-state index contributed by atoms with van der Waals surface area (Å²) in [4.78, 5) is 2.68. The van der Waals surface area contributed by atoms with Gasteiger partial charge in [0, 0.05) is 35.1 Å². The van der Waals surface area contributed by atoms with Crippen LogP contribution in [0.1, 0.15) is 17.5 Å². The van der Waals surface area contributed by atoms with Crippen molar-refractivity contribution in [1.82, 2.24) is 15.1 Å². The molecule has 0 spiro atoms. The minimum atomic E-state index is 0.937. The maximum atomic E-state index is 4.47. The van der Waals surface area contributed by atoms with Crippen LogP contribution in [0.25, 0.3) is 10.4 Å². The van der Waals surface area contributed by atoms with Crippen molar-refractivity contribution >= 4 is 11.3 Å². The van der Waals surface area contributed by atoms with Crippen LogP contribution in [0.15, 0.2) is 18.3 Å². The number of rotatable bonds is 4. The quantitative estimate of drug-likeness (QED) is 0.882. The second-order valence-corrected chi connectivity index (χ2v) is 4.98. The second-order valence-electron chi connectivity index (χ2n) is 3.81. The van der Waals surface area contributed by atoms with Gasteiger partial charge in [0.25, 0.3) is 0 Å². The van der Waals surface area contributed by atoms with E-state index in [0.29, 0.717) is 0 Å². The molecule has 0 atom stereocenters. The van der Waals surface area contributed by atoms with Crippen LogP contribution in [-0.4, -0.2) is 16.8 Å². The molecule has 2 aromatic heterocycles. The molecule has 4 heteroatoms. The van der Waals surface area contributed by atoms with Crippen LogP contribution >= 0.6 is 11.3 Å². The zero-order valence-electron chi connectivity index (χ0n) is 9.95. The van der Waals surface area contributed by atoms with E-state index in [1.54, 1.807) is 0 Å². The number of aryl methyl sites for hydroxylation is 2. The average molecular weight is 235 g/mol. The molecule has 0 aliphatic rings. The summed E-state index contributed by atoms with van der Waals surface area (Å²) in [6, 6.07) is 4.37. The average Bonchev–Trinajstić information content (AvgIpc) is 2.85. The number of thiophene rings is 1. The summed E-state index contributed by atoms with van der Waals surface area (Å²) in [6.07, 6.45) is 3.09. The zero-order valence-corrected chi connectivity index (χ0v) is 10.8. The van der Waals surface area contributed by atoms with Crippen LogP contribution in [-0.2, 0) is 20.0 Å². The van der Waals surface area contributed by atoms with Crippen LogP contribution < -0.4 is 5.32 Å². The Hall–Kier alpha value is -1.13. The van der Waals surface area contributed by atoms with Crippen LogP contribution in [0.5, 0.6) is 0 Å². The van der Waals surface area contributed by atoms with Gasteiger partial charge in [0.15, 0.2) is 0 Å². The highest BCUT2D eigenvalue weighted by atomic mass is 32.1. The van der Waals surface area contributed by atoms with E-state index in [0.717, 1.165) is 13.0 Å². The van der Waals surface area contributed by atoms with Crippen molar-refractivity contribution < 1.29 is 0 Å². The van der Waals surface area contributed by atoms with Gasteiger partial charge in [0.05, 0.1) is 5.69 Å². The van der Waals surface area contributed by atoms with Gasteiger partial charge in [-0.15, -0.1) is 11.3 Å². The van der Waals surface area contributed by atoms with Crippen molar-refractivity contribution in [2.45, 2.75) is 19.9 Å². The van der Waals surface area contributed by atoms with Crippen molar-refractivity contribution in [1.29, 1.82) is 0 Å². The predicted molar refractivity (Wildman–Crippen MR) is 68.7 cm³/mol. The Kier molecular flexibility index (Phi) is 3.41. The van der Waals surface area contributed by atoms with Gasteiger partial charge in [0.1, 0.15) is 0 Å². The molecule has 16 heavy (non-hydrogen) atoms. The fraction of sp³-hybridized carbons (Fsp3) is 0.417. The third-order valence-electron chi connectivity index (χ3n) is 2.52. The standard InChI is InChI=1S/C12H17N3S/c1-4-11-10(8-15(3)14-11)12-6-5-9(16-12)7-13-2/h5-6,8,13H,4,7H2,1-3H3. The summed E-state index contributed by atoms with van der Waals surface area (Å²) in [7, 11) is 3.95. The lowest BCUT2D eigenvalue weighted by Gasteiger charge is -1.95. The van der Waals surface area contributed by atoms with Gasteiger partial charge in [-0.05, 0) is 25.6 Å². The van der Waals surface area contributed by atoms with E-state index in [9.17, 15) is 0 Å². The van der Waals surface area contributed by atoms with Gasteiger partial charge in [-0.2, -0.15) is 5.10 Å². The van der Waals surface area contributed by atoms with Crippen LogP contribution in [0.2, 0.25) is 0 Å². The lowest BCUT2D eigenvalue weighted by atomic mass is 10.2. The van der Waals surface area contributed by atoms with Crippen molar-refractivity contribution in [2.24, 2.45) is 7.05 Å². The summed E-state index contributed by atoms with van der Waals surface area (Å²) < 4.78 is 1.89. The van der Waals surface area contributed by atoms with Gasteiger partial charge in [0.2, 0.25) is 0 Å². The molecular weight excluding hydrogens is 218 g/mol. The van der Waals surface area contributed by atoms with Crippen LogP contribution in [0.4, 0.5) is 0 Å². The molecule has 0 saturated carbocycles. The summed E-state index contributed by atoms with van der Waals surface area (Å²) in [5.74, 6) is 0. The molecule has 3 nitrogen and oxygen atoms in total. The molecule has 1 N–H and O–H groups in total. The van der Waals surface area contributed by atoms with Crippen molar-refractivity contribution in [3.63, 3.8) is 0 Å². The van der Waals surface area contributed by atoms with Gasteiger partial charge in [-0.25, -0.2) is 0 Å². The Morgan fingerprint density at radius 3 is 2.94 bits per heavy atom. The maximum Gasteiger partial charge on any atom is 0.0708 e. The summed E-state index contributed by atoms with van der Waals surface area (Å²) in [6.45, 7) is 3.08. The van der Waals surface area contributed by atoms with Crippen molar-refractivity contribution in [3.05, 3.63) is 28.9 Å². The molecule has 0 unspecified atom stereocenters. The third-order valence-corrected chi connectivity index (χ3v) is 3.64. The van der Waals surface area contributed by atoms with Gasteiger partial charge in [-0.1, -0.05) is 6.92 Å². The first-order valence-electron chi connectivity index (χ1n) is 5.50. The maximum absolute atomic E-state index is 4.47. The van der Waals surface area contributed by atoms with E-state index in [4.69, 9.17) is 0 Å². The van der Waals surface area contributed by atoms with E-state index in [2.05, 4.69) is 35.7 Å². The number of nitrogens with zero attached hydrogens (tertiary/aromatic N) is 2. The molecule has 86 valence electrons. The Bertz CT molecular complexity index is 470. The molecule has 0 aromatic carbocycles. The second kappa shape index (κ2) is 4.80. The highest BCUT2D eigenvalue weighted by Gasteiger charge is 2.10. The first kappa shape index (κ1) is 11.4. The Balaban J connectivity index is 2.34. The van der Waals surface area contributed by atoms with E-state index >= 15 is 0 Å². The largest absolute Gasteiger partial charge is 0.315 e. The predicted octanol–water partition coefficient (Wildman–Crippen LogP) is 2.43. The van der Waals surface area contributed by atoms with Gasteiger partial charge < -0.3 is 5.32 Å². The lowest BCUT2D eigenvalue weighted by molar-refractivity contribution is 0.746. The Labute approximate surface area is 100 Å². The molecule has 2 aromatic rings. The number of hydrogen-bond donors (Lipinski definition) is 1. The molecule has 2 rings (SSSR count). The molecule has 0 radical (unpaired) electrons. The first-order chi connectivity index (χ1) is 7.74. The van der Waals surface area contributed by atoms with E-state index in [1.807, 2.05) is 30.1 Å². The van der Waals surface area contributed by atoms with Crippen LogP contribution in [0, 0.1) is 0 Å². The SMILES string of the molecule is CCc1nn(C)cc1-c1ccc(CNC)s1. The summed E-state index contributed by atoms with van der Waals surface area (Å²) in [5.41, 5.74) is 2.46. The lowest BCUT2D eigenvalue weighted by Crippen LogP contribution is -2.02. The highest BCUT2D eigenvalue weighted by Crippen LogP contribution is 2.30.